The van der Waals surface area contributed by atoms with E-state index in [2.05, 4.69) is 5.32 Å². The van der Waals surface area contributed by atoms with Crippen molar-refractivity contribution in [1.29, 1.82) is 0 Å². The Balaban J connectivity index is 2.08. The van der Waals surface area contributed by atoms with Crippen molar-refractivity contribution in [3.8, 4) is 17.2 Å². The van der Waals surface area contributed by atoms with Crippen LogP contribution in [0.2, 0.25) is 0 Å². The molecule has 0 atom stereocenters. The van der Waals surface area contributed by atoms with Crippen molar-refractivity contribution in [2.45, 2.75) is 6.92 Å². The maximum absolute atomic E-state index is 14.9. The molecule has 0 saturated heterocycles. The highest BCUT2D eigenvalue weighted by Crippen LogP contribution is 2.32. The fourth-order valence-corrected chi connectivity index (χ4v) is 4.13. The first-order valence-corrected chi connectivity index (χ1v) is 11.2. The number of pyridine rings is 1. The van der Waals surface area contributed by atoms with E-state index in [-0.39, 0.29) is 33.9 Å². The Hall–Kier alpha value is -3.94. The molecule has 0 fully saturated rings. The first-order chi connectivity index (χ1) is 16.5. The molecular weight excluding hydrogens is 574 g/mol. The lowest BCUT2D eigenvalue weighted by Crippen LogP contribution is -2.40. The minimum Gasteiger partial charge on any atom is -0.465 e. The standard InChI is InChI=1S/C23H18FIN4O6/c1-11-14(26-22(32)33)5-4-6-16(11)35-17-10-18(30)27(2)20-19(17)21(31)28(3)23(34)29(20)15-8-7-12(25)9-13(15)24/h4-10,26H,1-3H3,(H,32,33). The number of aryl methyl sites for hydroxylation is 1. The van der Waals surface area contributed by atoms with Gasteiger partial charge in [-0.2, -0.15) is 0 Å². The molecule has 0 spiro atoms. The second-order valence-corrected chi connectivity index (χ2v) is 8.89. The van der Waals surface area contributed by atoms with E-state index in [0.717, 1.165) is 19.8 Å². The van der Waals surface area contributed by atoms with Crippen molar-refractivity contribution in [3.63, 3.8) is 0 Å². The molecule has 2 heterocycles. The van der Waals surface area contributed by atoms with Gasteiger partial charge in [-0.25, -0.2) is 18.5 Å². The van der Waals surface area contributed by atoms with Gasteiger partial charge in [-0.05, 0) is 59.8 Å². The van der Waals surface area contributed by atoms with Crippen LogP contribution in [0, 0.1) is 16.3 Å². The van der Waals surface area contributed by atoms with Gasteiger partial charge >= 0.3 is 11.8 Å². The number of hydrogen-bond donors (Lipinski definition) is 2. The zero-order chi connectivity index (χ0) is 25.6. The molecule has 180 valence electrons. The number of nitrogens with zero attached hydrogens (tertiary/aromatic N) is 3. The highest BCUT2D eigenvalue weighted by molar-refractivity contribution is 14.1. The molecule has 1 amide bonds. The summed E-state index contributed by atoms with van der Waals surface area (Å²) in [6.45, 7) is 1.60. The summed E-state index contributed by atoms with van der Waals surface area (Å²) < 4.78 is 24.3. The van der Waals surface area contributed by atoms with Crippen LogP contribution in [0.15, 0.2) is 56.8 Å². The predicted molar refractivity (Wildman–Crippen MR) is 136 cm³/mol. The summed E-state index contributed by atoms with van der Waals surface area (Å²) in [5, 5.41) is 11.2. The summed E-state index contributed by atoms with van der Waals surface area (Å²) in [4.78, 5) is 50.2. The van der Waals surface area contributed by atoms with Gasteiger partial charge < -0.3 is 9.84 Å². The number of fused-ring (bicyclic) bond motifs is 1. The van der Waals surface area contributed by atoms with Gasteiger partial charge in [-0.15, -0.1) is 0 Å². The number of benzene rings is 2. The Morgan fingerprint density at radius 2 is 1.77 bits per heavy atom. The Bertz CT molecular complexity index is 1710. The minimum atomic E-state index is -1.28. The summed E-state index contributed by atoms with van der Waals surface area (Å²) in [6, 6.07) is 9.86. The third-order valence-electron chi connectivity index (χ3n) is 5.48. The van der Waals surface area contributed by atoms with Crippen molar-refractivity contribution in [1.82, 2.24) is 13.7 Å². The summed E-state index contributed by atoms with van der Waals surface area (Å²) in [5.74, 6) is -0.717. The first-order valence-electron chi connectivity index (χ1n) is 10.1. The molecule has 0 saturated carbocycles. The molecule has 0 radical (unpaired) electrons. The number of nitrogens with one attached hydrogen (secondary N) is 1. The van der Waals surface area contributed by atoms with E-state index in [1.807, 2.05) is 22.6 Å². The largest absolute Gasteiger partial charge is 0.465 e. The van der Waals surface area contributed by atoms with Crippen LogP contribution >= 0.6 is 22.6 Å². The molecule has 0 bridgehead atoms. The number of carboxylic acid groups (broad SMARTS) is 1. The average Bonchev–Trinajstić information content (AvgIpc) is 2.78. The molecule has 0 aliphatic rings. The Morgan fingerprint density at radius 3 is 2.43 bits per heavy atom. The second-order valence-electron chi connectivity index (χ2n) is 7.64. The molecule has 2 aromatic heterocycles. The summed E-state index contributed by atoms with van der Waals surface area (Å²) in [5.41, 5.74) is -1.87. The molecule has 2 N–H and O–H groups in total. The topological polar surface area (TPSA) is 125 Å². The lowest BCUT2D eigenvalue weighted by Gasteiger charge is -2.18. The summed E-state index contributed by atoms with van der Waals surface area (Å²) in [6.07, 6.45) is -1.28. The summed E-state index contributed by atoms with van der Waals surface area (Å²) >= 11 is 1.92. The van der Waals surface area contributed by atoms with Gasteiger partial charge in [0.05, 0.1) is 11.4 Å². The van der Waals surface area contributed by atoms with E-state index >= 15 is 0 Å². The number of halogens is 2. The van der Waals surface area contributed by atoms with Crippen molar-refractivity contribution < 1.29 is 19.0 Å². The lowest BCUT2D eigenvalue weighted by molar-refractivity contribution is 0.209. The van der Waals surface area contributed by atoms with Gasteiger partial charge in [0.2, 0.25) is 0 Å². The smallest absolute Gasteiger partial charge is 0.409 e. The molecule has 0 aliphatic carbocycles. The maximum Gasteiger partial charge on any atom is 0.409 e. The number of ether oxygens (including phenoxy) is 1. The average molecular weight is 592 g/mol. The number of carbonyl (C=O) groups is 1. The van der Waals surface area contributed by atoms with Crippen molar-refractivity contribution >= 4 is 45.4 Å². The highest BCUT2D eigenvalue weighted by Gasteiger charge is 2.22. The van der Waals surface area contributed by atoms with Crippen molar-refractivity contribution in [2.24, 2.45) is 14.1 Å². The SMILES string of the molecule is Cc1c(NC(=O)O)cccc1Oc1cc(=O)n(C)c2c1c(=O)n(C)c(=O)n2-c1ccc(I)cc1F. The van der Waals surface area contributed by atoms with Gasteiger partial charge in [0.1, 0.15) is 28.3 Å². The Kier molecular flexibility index (Phi) is 6.23. The van der Waals surface area contributed by atoms with E-state index < -0.39 is 28.7 Å². The quantitative estimate of drug-likeness (QED) is 0.351. The predicted octanol–water partition coefficient (Wildman–Crippen LogP) is 3.32. The van der Waals surface area contributed by atoms with Crippen LogP contribution in [0.5, 0.6) is 11.5 Å². The van der Waals surface area contributed by atoms with Crippen LogP contribution in [0.3, 0.4) is 0 Å². The zero-order valence-electron chi connectivity index (χ0n) is 18.6. The zero-order valence-corrected chi connectivity index (χ0v) is 20.8. The number of hydrogen-bond acceptors (Lipinski definition) is 5. The van der Waals surface area contributed by atoms with E-state index in [1.165, 1.54) is 44.4 Å². The van der Waals surface area contributed by atoms with Gasteiger partial charge in [0.15, 0.2) is 0 Å². The number of rotatable bonds is 4. The molecule has 4 aromatic rings. The third kappa shape index (κ3) is 4.20. The van der Waals surface area contributed by atoms with E-state index in [1.54, 1.807) is 13.0 Å². The molecular formula is C23H18FIN4O6. The normalized spacial score (nSPS) is 11.0. The molecule has 4 rings (SSSR count). The van der Waals surface area contributed by atoms with Crippen LogP contribution in [-0.4, -0.2) is 24.9 Å². The third-order valence-corrected chi connectivity index (χ3v) is 6.15. The first kappa shape index (κ1) is 24.2. The van der Waals surface area contributed by atoms with Crippen LogP contribution in [0.1, 0.15) is 5.56 Å². The van der Waals surface area contributed by atoms with E-state index in [4.69, 9.17) is 9.84 Å². The van der Waals surface area contributed by atoms with Crippen LogP contribution in [-0.2, 0) is 14.1 Å². The molecule has 10 nitrogen and oxygen atoms in total. The molecule has 12 heteroatoms. The molecule has 0 aliphatic heterocycles. The van der Waals surface area contributed by atoms with Crippen LogP contribution < -0.4 is 26.9 Å². The van der Waals surface area contributed by atoms with E-state index in [9.17, 15) is 23.6 Å². The molecule has 0 unspecified atom stereocenters. The van der Waals surface area contributed by atoms with Gasteiger partial charge in [-0.3, -0.25) is 24.0 Å². The monoisotopic (exact) mass is 592 g/mol. The Morgan fingerprint density at radius 1 is 1.06 bits per heavy atom. The van der Waals surface area contributed by atoms with Gasteiger partial charge in [0.25, 0.3) is 11.1 Å². The lowest BCUT2D eigenvalue weighted by atomic mass is 10.1. The van der Waals surface area contributed by atoms with E-state index in [0.29, 0.717) is 9.13 Å². The highest BCUT2D eigenvalue weighted by atomic mass is 127. The Labute approximate surface area is 210 Å². The number of aromatic nitrogens is 3. The van der Waals surface area contributed by atoms with Crippen LogP contribution in [0.25, 0.3) is 16.7 Å². The fraction of sp³-hybridized carbons (Fsp3) is 0.130. The van der Waals surface area contributed by atoms with Crippen molar-refractivity contribution in [3.05, 3.63) is 88.6 Å². The van der Waals surface area contributed by atoms with Crippen molar-refractivity contribution in [2.75, 3.05) is 5.32 Å². The van der Waals surface area contributed by atoms with Crippen LogP contribution in [0.4, 0.5) is 14.9 Å². The second kappa shape index (κ2) is 9.02. The molecule has 35 heavy (non-hydrogen) atoms. The van der Waals surface area contributed by atoms with Gasteiger partial charge in [0, 0.05) is 29.3 Å². The summed E-state index contributed by atoms with van der Waals surface area (Å²) in [7, 11) is 2.60. The number of amides is 1. The number of anilines is 1. The van der Waals surface area contributed by atoms with Gasteiger partial charge in [-0.1, -0.05) is 6.07 Å². The minimum absolute atomic E-state index is 0.136. The maximum atomic E-state index is 14.9. The molecule has 2 aromatic carbocycles. The fourth-order valence-electron chi connectivity index (χ4n) is 3.68.